The maximum Gasteiger partial charge on any atom is 0.351 e. The first-order valence-electron chi connectivity index (χ1n) is 8.80. The standard InChI is InChI=1S/C17H25N3O3/c18-15(21)14(10-12-7-3-4-8-12)20-16(22)13(19-17(20)23)9-11-5-1-2-6-11/h11-12,14H,1-10H2,(H2,18,21). The van der Waals surface area contributed by atoms with Gasteiger partial charge in [-0.3, -0.25) is 9.59 Å². The van der Waals surface area contributed by atoms with Crippen molar-refractivity contribution in [1.82, 2.24) is 4.90 Å². The van der Waals surface area contributed by atoms with Crippen molar-refractivity contribution in [3.05, 3.63) is 0 Å². The molecule has 6 heteroatoms. The lowest BCUT2D eigenvalue weighted by molar-refractivity contribution is -0.131. The second kappa shape index (κ2) is 6.81. The lowest BCUT2D eigenvalue weighted by Gasteiger charge is -2.25. The van der Waals surface area contributed by atoms with Gasteiger partial charge in [-0.25, -0.2) is 9.69 Å². The van der Waals surface area contributed by atoms with E-state index in [9.17, 15) is 14.4 Å². The lowest BCUT2D eigenvalue weighted by Crippen LogP contribution is -2.49. The van der Waals surface area contributed by atoms with Crippen LogP contribution in [0.4, 0.5) is 4.79 Å². The second-order valence-corrected chi connectivity index (χ2v) is 7.18. The summed E-state index contributed by atoms with van der Waals surface area (Å²) in [7, 11) is 0. The van der Waals surface area contributed by atoms with E-state index in [1.807, 2.05) is 0 Å². The van der Waals surface area contributed by atoms with Crippen LogP contribution in [0, 0.1) is 11.8 Å². The van der Waals surface area contributed by atoms with E-state index in [4.69, 9.17) is 5.73 Å². The minimum Gasteiger partial charge on any atom is -0.368 e. The Morgan fingerprint density at radius 1 is 1.09 bits per heavy atom. The Bertz CT molecular complexity index is 531. The zero-order chi connectivity index (χ0) is 16.4. The fourth-order valence-corrected chi connectivity index (χ4v) is 4.25. The number of amides is 4. The van der Waals surface area contributed by atoms with Gasteiger partial charge >= 0.3 is 6.03 Å². The van der Waals surface area contributed by atoms with Crippen molar-refractivity contribution < 1.29 is 14.4 Å². The Balaban J connectivity index is 1.69. The number of carbonyl (C=O) groups excluding carboxylic acids is 3. The van der Waals surface area contributed by atoms with Gasteiger partial charge in [0.05, 0.1) is 0 Å². The zero-order valence-electron chi connectivity index (χ0n) is 13.5. The second-order valence-electron chi connectivity index (χ2n) is 7.18. The summed E-state index contributed by atoms with van der Waals surface area (Å²) in [6, 6.07) is -1.45. The number of nitrogens with two attached hydrogens (primary N) is 1. The third kappa shape index (κ3) is 3.46. The van der Waals surface area contributed by atoms with Crippen LogP contribution >= 0.6 is 0 Å². The Labute approximate surface area is 136 Å². The monoisotopic (exact) mass is 319 g/mol. The Morgan fingerprint density at radius 3 is 2.22 bits per heavy atom. The van der Waals surface area contributed by atoms with Gasteiger partial charge in [-0.15, -0.1) is 0 Å². The SMILES string of the molecule is NC(=O)C(CC1CCCC1)N1C(=O)N=C(CC2CCCC2)C1=O. The molecule has 2 N–H and O–H groups in total. The summed E-state index contributed by atoms with van der Waals surface area (Å²) in [5, 5.41) is 0. The van der Waals surface area contributed by atoms with E-state index >= 15 is 0 Å². The lowest BCUT2D eigenvalue weighted by atomic mass is 9.96. The summed E-state index contributed by atoms with van der Waals surface area (Å²) in [5.74, 6) is -0.195. The molecule has 1 atom stereocenters. The van der Waals surface area contributed by atoms with Gasteiger partial charge in [0, 0.05) is 0 Å². The number of hydrogen-bond acceptors (Lipinski definition) is 3. The largest absolute Gasteiger partial charge is 0.368 e. The average Bonchev–Trinajstić information content (AvgIpc) is 3.22. The summed E-state index contributed by atoms with van der Waals surface area (Å²) < 4.78 is 0. The van der Waals surface area contributed by atoms with Crippen LogP contribution in [0.3, 0.4) is 0 Å². The molecule has 3 rings (SSSR count). The number of imide groups is 1. The predicted molar refractivity (Wildman–Crippen MR) is 85.8 cm³/mol. The first-order valence-corrected chi connectivity index (χ1v) is 8.80. The molecule has 0 aromatic rings. The number of carbonyl (C=O) groups is 3. The Kier molecular flexibility index (Phi) is 4.78. The van der Waals surface area contributed by atoms with Gasteiger partial charge in [0.2, 0.25) is 5.91 Å². The molecule has 1 heterocycles. The molecule has 2 aliphatic carbocycles. The summed E-state index contributed by atoms with van der Waals surface area (Å²) in [6.07, 6.45) is 9.91. The minimum atomic E-state index is -0.845. The summed E-state index contributed by atoms with van der Waals surface area (Å²) >= 11 is 0. The molecule has 0 aromatic heterocycles. The van der Waals surface area contributed by atoms with Gasteiger partial charge in [0.25, 0.3) is 5.91 Å². The molecule has 0 saturated heterocycles. The van der Waals surface area contributed by atoms with Crippen molar-refractivity contribution in [2.24, 2.45) is 22.6 Å². The van der Waals surface area contributed by atoms with Crippen molar-refractivity contribution in [3.63, 3.8) is 0 Å². The molecule has 0 radical (unpaired) electrons. The molecule has 2 saturated carbocycles. The highest BCUT2D eigenvalue weighted by atomic mass is 16.2. The molecule has 126 valence electrons. The number of primary amides is 1. The minimum absolute atomic E-state index is 0.319. The van der Waals surface area contributed by atoms with Crippen molar-refractivity contribution in [1.29, 1.82) is 0 Å². The van der Waals surface area contributed by atoms with Crippen LogP contribution in [0.1, 0.15) is 64.2 Å². The van der Waals surface area contributed by atoms with Gasteiger partial charge in [-0.1, -0.05) is 51.4 Å². The van der Waals surface area contributed by atoms with E-state index in [0.29, 0.717) is 30.4 Å². The number of urea groups is 1. The van der Waals surface area contributed by atoms with Crippen LogP contribution in [0.25, 0.3) is 0 Å². The molecule has 4 amide bonds. The first kappa shape index (κ1) is 16.1. The smallest absolute Gasteiger partial charge is 0.351 e. The third-order valence-electron chi connectivity index (χ3n) is 5.53. The van der Waals surface area contributed by atoms with Crippen LogP contribution < -0.4 is 5.73 Å². The molecule has 23 heavy (non-hydrogen) atoms. The molecule has 1 unspecified atom stereocenters. The highest BCUT2D eigenvalue weighted by Gasteiger charge is 2.42. The van der Waals surface area contributed by atoms with Gasteiger partial charge in [-0.2, -0.15) is 4.99 Å². The van der Waals surface area contributed by atoms with E-state index in [-0.39, 0.29) is 0 Å². The molecular weight excluding hydrogens is 294 g/mol. The summed E-state index contributed by atoms with van der Waals surface area (Å²) in [4.78, 5) is 41.6. The zero-order valence-corrected chi connectivity index (χ0v) is 13.5. The normalized spacial score (nSPS) is 24.5. The number of aliphatic imine (C=N–C) groups is 1. The van der Waals surface area contributed by atoms with Crippen molar-refractivity contribution in [2.75, 3.05) is 0 Å². The fourth-order valence-electron chi connectivity index (χ4n) is 4.25. The third-order valence-corrected chi connectivity index (χ3v) is 5.53. The van der Waals surface area contributed by atoms with Crippen molar-refractivity contribution in [3.8, 4) is 0 Å². The number of rotatable bonds is 6. The topological polar surface area (TPSA) is 92.8 Å². The van der Waals surface area contributed by atoms with Gasteiger partial charge < -0.3 is 5.73 Å². The maximum atomic E-state index is 12.6. The van der Waals surface area contributed by atoms with Crippen LogP contribution in [0.2, 0.25) is 0 Å². The maximum absolute atomic E-state index is 12.6. The van der Waals surface area contributed by atoms with Crippen molar-refractivity contribution in [2.45, 2.75) is 70.3 Å². The van der Waals surface area contributed by atoms with E-state index in [1.165, 1.54) is 12.8 Å². The summed E-state index contributed by atoms with van der Waals surface area (Å²) in [6.45, 7) is 0. The summed E-state index contributed by atoms with van der Waals surface area (Å²) in [5.41, 5.74) is 5.81. The van der Waals surface area contributed by atoms with Crippen LogP contribution in [-0.2, 0) is 9.59 Å². The molecule has 0 bridgehead atoms. The molecule has 3 aliphatic rings. The van der Waals surface area contributed by atoms with Crippen LogP contribution in [0.15, 0.2) is 4.99 Å². The predicted octanol–water partition coefficient (Wildman–Crippen LogP) is 2.40. The van der Waals surface area contributed by atoms with E-state index in [0.717, 1.165) is 43.4 Å². The van der Waals surface area contributed by atoms with Crippen molar-refractivity contribution >= 4 is 23.6 Å². The fraction of sp³-hybridized carbons (Fsp3) is 0.765. The van der Waals surface area contributed by atoms with E-state index in [1.54, 1.807) is 0 Å². The van der Waals surface area contributed by atoms with E-state index in [2.05, 4.69) is 4.99 Å². The van der Waals surface area contributed by atoms with Crippen LogP contribution in [-0.4, -0.2) is 34.5 Å². The van der Waals surface area contributed by atoms with Gasteiger partial charge in [-0.05, 0) is 24.7 Å². The highest BCUT2D eigenvalue weighted by molar-refractivity contribution is 6.46. The highest BCUT2D eigenvalue weighted by Crippen LogP contribution is 2.32. The number of hydrogen-bond donors (Lipinski definition) is 1. The van der Waals surface area contributed by atoms with Gasteiger partial charge in [0.15, 0.2) is 0 Å². The van der Waals surface area contributed by atoms with E-state index < -0.39 is 23.9 Å². The molecule has 2 fully saturated rings. The Morgan fingerprint density at radius 2 is 1.65 bits per heavy atom. The average molecular weight is 319 g/mol. The van der Waals surface area contributed by atoms with Crippen LogP contribution in [0.5, 0.6) is 0 Å². The van der Waals surface area contributed by atoms with Gasteiger partial charge in [0.1, 0.15) is 11.8 Å². The molecule has 0 aromatic carbocycles. The molecule has 6 nitrogen and oxygen atoms in total. The Hall–Kier alpha value is -1.72. The first-order chi connectivity index (χ1) is 11.1. The number of nitrogens with zero attached hydrogens (tertiary/aromatic N) is 2. The quantitative estimate of drug-likeness (QED) is 0.814. The molecule has 0 spiro atoms. The molecule has 1 aliphatic heterocycles. The molecular formula is C17H25N3O3.